The van der Waals surface area contributed by atoms with E-state index in [4.69, 9.17) is 10.5 Å². The number of rotatable bonds is 3. The molecule has 0 aliphatic carbocycles. The van der Waals surface area contributed by atoms with Gasteiger partial charge in [-0.15, -0.1) is 11.8 Å². The molecule has 1 unspecified atom stereocenters. The Kier molecular flexibility index (Phi) is 4.71. The van der Waals surface area contributed by atoms with Crippen LogP contribution in [0, 0.1) is 6.92 Å². The SMILES string of the molecule is Cc1cccc(SC(C)C(=O)N2CCOCC2)c1N. The van der Waals surface area contributed by atoms with Crippen molar-refractivity contribution in [3.05, 3.63) is 23.8 Å². The number of benzene rings is 1. The number of carbonyl (C=O) groups is 1. The maximum absolute atomic E-state index is 12.3. The van der Waals surface area contributed by atoms with Crippen LogP contribution in [0.1, 0.15) is 12.5 Å². The van der Waals surface area contributed by atoms with E-state index in [0.717, 1.165) is 16.1 Å². The van der Waals surface area contributed by atoms with Gasteiger partial charge in [0, 0.05) is 23.7 Å². The molecule has 2 rings (SSSR count). The summed E-state index contributed by atoms with van der Waals surface area (Å²) in [5, 5.41) is -0.123. The van der Waals surface area contributed by atoms with Crippen molar-refractivity contribution < 1.29 is 9.53 Å². The summed E-state index contributed by atoms with van der Waals surface area (Å²) in [6.45, 7) is 6.56. The van der Waals surface area contributed by atoms with Crippen molar-refractivity contribution in [2.75, 3.05) is 32.0 Å². The second-order valence-electron chi connectivity index (χ2n) is 4.68. The summed E-state index contributed by atoms with van der Waals surface area (Å²) in [5.74, 6) is 0.161. The number of thioether (sulfide) groups is 1. The molecule has 1 aliphatic heterocycles. The summed E-state index contributed by atoms with van der Waals surface area (Å²) in [7, 11) is 0. The van der Waals surface area contributed by atoms with E-state index < -0.39 is 0 Å². The van der Waals surface area contributed by atoms with Crippen LogP contribution in [0.25, 0.3) is 0 Å². The Morgan fingerprint density at radius 3 is 2.79 bits per heavy atom. The van der Waals surface area contributed by atoms with E-state index in [1.165, 1.54) is 11.8 Å². The van der Waals surface area contributed by atoms with Gasteiger partial charge in [0.25, 0.3) is 0 Å². The maximum atomic E-state index is 12.3. The van der Waals surface area contributed by atoms with Crippen molar-refractivity contribution in [1.29, 1.82) is 0 Å². The van der Waals surface area contributed by atoms with Crippen molar-refractivity contribution in [3.63, 3.8) is 0 Å². The minimum Gasteiger partial charge on any atom is -0.398 e. The van der Waals surface area contributed by atoms with Crippen LogP contribution in [0.3, 0.4) is 0 Å². The average Bonchev–Trinajstić information content (AvgIpc) is 2.44. The molecule has 19 heavy (non-hydrogen) atoms. The molecule has 4 nitrogen and oxygen atoms in total. The first-order valence-corrected chi connectivity index (χ1v) is 7.36. The standard InChI is InChI=1S/C14H20N2O2S/c1-10-4-3-5-12(13(10)15)19-11(2)14(17)16-6-8-18-9-7-16/h3-5,11H,6-9,15H2,1-2H3. The van der Waals surface area contributed by atoms with Crippen LogP contribution >= 0.6 is 11.8 Å². The summed E-state index contributed by atoms with van der Waals surface area (Å²) < 4.78 is 5.26. The van der Waals surface area contributed by atoms with E-state index in [-0.39, 0.29) is 11.2 Å². The summed E-state index contributed by atoms with van der Waals surface area (Å²) in [6, 6.07) is 5.92. The number of para-hydroxylation sites is 1. The predicted molar refractivity (Wildman–Crippen MR) is 78.3 cm³/mol. The fourth-order valence-corrected chi connectivity index (χ4v) is 3.11. The second kappa shape index (κ2) is 6.30. The third-order valence-corrected chi connectivity index (χ3v) is 4.42. The van der Waals surface area contributed by atoms with Crippen LogP contribution in [0.15, 0.2) is 23.1 Å². The highest BCUT2D eigenvalue weighted by Gasteiger charge is 2.23. The minimum atomic E-state index is -0.123. The molecule has 0 radical (unpaired) electrons. The number of carbonyl (C=O) groups excluding carboxylic acids is 1. The minimum absolute atomic E-state index is 0.123. The number of nitrogen functional groups attached to an aromatic ring is 1. The quantitative estimate of drug-likeness (QED) is 0.679. The Balaban J connectivity index is 2.01. The van der Waals surface area contributed by atoms with Gasteiger partial charge in [0.15, 0.2) is 0 Å². The number of morpholine rings is 1. The van der Waals surface area contributed by atoms with Crippen molar-refractivity contribution in [1.82, 2.24) is 4.90 Å². The van der Waals surface area contributed by atoms with Crippen LogP contribution in [0.5, 0.6) is 0 Å². The summed E-state index contributed by atoms with van der Waals surface area (Å²) in [6.07, 6.45) is 0. The van der Waals surface area contributed by atoms with E-state index in [9.17, 15) is 4.79 Å². The molecule has 1 atom stereocenters. The molecule has 1 fully saturated rings. The fraction of sp³-hybridized carbons (Fsp3) is 0.500. The third-order valence-electron chi connectivity index (χ3n) is 3.26. The molecule has 1 aromatic carbocycles. The van der Waals surface area contributed by atoms with Gasteiger partial charge < -0.3 is 15.4 Å². The van der Waals surface area contributed by atoms with Gasteiger partial charge in [-0.3, -0.25) is 4.79 Å². The number of ether oxygens (including phenoxy) is 1. The molecule has 1 amide bonds. The van der Waals surface area contributed by atoms with Gasteiger partial charge >= 0.3 is 0 Å². The monoisotopic (exact) mass is 280 g/mol. The van der Waals surface area contributed by atoms with Crippen molar-refractivity contribution in [3.8, 4) is 0 Å². The summed E-state index contributed by atoms with van der Waals surface area (Å²) >= 11 is 1.53. The molecule has 1 saturated heterocycles. The number of anilines is 1. The molecular weight excluding hydrogens is 260 g/mol. The number of hydrogen-bond donors (Lipinski definition) is 1. The molecule has 5 heteroatoms. The highest BCUT2D eigenvalue weighted by atomic mass is 32.2. The number of nitrogens with zero attached hydrogens (tertiary/aromatic N) is 1. The lowest BCUT2D eigenvalue weighted by Gasteiger charge is -2.29. The lowest BCUT2D eigenvalue weighted by atomic mass is 10.2. The Bertz CT molecular complexity index is 459. The molecule has 0 spiro atoms. The van der Waals surface area contributed by atoms with Gasteiger partial charge in [0.1, 0.15) is 0 Å². The van der Waals surface area contributed by atoms with Crippen LogP contribution in [0.2, 0.25) is 0 Å². The predicted octanol–water partition coefficient (Wildman–Crippen LogP) is 1.92. The van der Waals surface area contributed by atoms with Gasteiger partial charge in [-0.2, -0.15) is 0 Å². The zero-order chi connectivity index (χ0) is 13.8. The normalized spacial score (nSPS) is 17.3. The smallest absolute Gasteiger partial charge is 0.235 e. The van der Waals surface area contributed by atoms with Gasteiger partial charge in [-0.1, -0.05) is 12.1 Å². The van der Waals surface area contributed by atoms with E-state index in [0.29, 0.717) is 26.3 Å². The van der Waals surface area contributed by atoms with Crippen molar-refractivity contribution in [2.24, 2.45) is 0 Å². The van der Waals surface area contributed by atoms with E-state index >= 15 is 0 Å². The average molecular weight is 280 g/mol. The Labute approximate surface area is 118 Å². The molecule has 1 aromatic rings. The Morgan fingerprint density at radius 1 is 1.42 bits per heavy atom. The maximum Gasteiger partial charge on any atom is 0.235 e. The molecule has 1 heterocycles. The van der Waals surface area contributed by atoms with E-state index in [1.807, 2.05) is 36.9 Å². The van der Waals surface area contributed by atoms with Gasteiger partial charge in [0.2, 0.25) is 5.91 Å². The molecule has 0 aromatic heterocycles. The molecule has 0 saturated carbocycles. The summed E-state index contributed by atoms with van der Waals surface area (Å²) in [5.41, 5.74) is 7.87. The first kappa shape index (κ1) is 14.2. The number of aryl methyl sites for hydroxylation is 1. The van der Waals surface area contributed by atoms with Crippen LogP contribution in [-0.2, 0) is 9.53 Å². The molecule has 2 N–H and O–H groups in total. The van der Waals surface area contributed by atoms with Crippen LogP contribution < -0.4 is 5.73 Å². The van der Waals surface area contributed by atoms with Crippen LogP contribution in [0.4, 0.5) is 5.69 Å². The first-order valence-electron chi connectivity index (χ1n) is 6.48. The van der Waals surface area contributed by atoms with Gasteiger partial charge in [-0.25, -0.2) is 0 Å². The highest BCUT2D eigenvalue weighted by molar-refractivity contribution is 8.00. The van der Waals surface area contributed by atoms with Gasteiger partial charge in [-0.05, 0) is 25.5 Å². The molecule has 0 bridgehead atoms. The lowest BCUT2D eigenvalue weighted by Crippen LogP contribution is -2.44. The number of hydrogen-bond acceptors (Lipinski definition) is 4. The Hall–Kier alpha value is -1.20. The largest absolute Gasteiger partial charge is 0.398 e. The molecular formula is C14H20N2O2S. The summed E-state index contributed by atoms with van der Waals surface area (Å²) in [4.78, 5) is 15.2. The highest BCUT2D eigenvalue weighted by Crippen LogP contribution is 2.31. The number of amides is 1. The zero-order valence-corrected chi connectivity index (χ0v) is 12.2. The van der Waals surface area contributed by atoms with Gasteiger partial charge in [0.05, 0.1) is 18.5 Å². The lowest BCUT2D eigenvalue weighted by molar-refractivity contribution is -0.134. The molecule has 104 valence electrons. The fourth-order valence-electron chi connectivity index (χ4n) is 2.04. The topological polar surface area (TPSA) is 55.6 Å². The molecule has 1 aliphatic rings. The van der Waals surface area contributed by atoms with Crippen LogP contribution in [-0.4, -0.2) is 42.4 Å². The second-order valence-corrected chi connectivity index (χ2v) is 6.07. The van der Waals surface area contributed by atoms with Crippen molar-refractivity contribution >= 4 is 23.4 Å². The van der Waals surface area contributed by atoms with E-state index in [2.05, 4.69) is 0 Å². The third kappa shape index (κ3) is 3.42. The first-order chi connectivity index (χ1) is 9.09. The Morgan fingerprint density at radius 2 is 2.11 bits per heavy atom. The van der Waals surface area contributed by atoms with E-state index in [1.54, 1.807) is 0 Å². The number of nitrogens with two attached hydrogens (primary N) is 1. The van der Waals surface area contributed by atoms with Crippen molar-refractivity contribution in [2.45, 2.75) is 24.0 Å². The zero-order valence-electron chi connectivity index (χ0n) is 11.4.